The van der Waals surface area contributed by atoms with Crippen LogP contribution in [0.1, 0.15) is 73.1 Å². The van der Waals surface area contributed by atoms with Crippen molar-refractivity contribution >= 4 is 17.8 Å². The molecule has 2 N–H and O–H groups in total. The molecule has 0 aliphatic carbocycles. The Morgan fingerprint density at radius 3 is 2.47 bits per heavy atom. The highest BCUT2D eigenvalue weighted by molar-refractivity contribution is 5.98. The van der Waals surface area contributed by atoms with Gasteiger partial charge < -0.3 is 24.7 Å². The number of aliphatic hydroxyl groups excluding tert-OH is 1. The van der Waals surface area contributed by atoms with Gasteiger partial charge in [-0.2, -0.15) is 0 Å². The van der Waals surface area contributed by atoms with E-state index in [1.165, 1.54) is 4.90 Å². The molecule has 192 valence electrons. The largest absolute Gasteiger partial charge is 0.481 e. The quantitative estimate of drug-likeness (QED) is 0.418. The summed E-state index contributed by atoms with van der Waals surface area (Å²) < 4.78 is 6.61. The van der Waals surface area contributed by atoms with E-state index >= 15 is 0 Å². The Hall–Kier alpha value is -1.93. The second kappa shape index (κ2) is 9.97. The molecule has 0 aromatic carbocycles. The number of carbonyl (C=O) groups is 3. The van der Waals surface area contributed by atoms with E-state index < -0.39 is 41.1 Å². The highest BCUT2D eigenvalue weighted by atomic mass is 16.5. The molecule has 3 aliphatic rings. The fourth-order valence-electron chi connectivity index (χ4n) is 6.84. The summed E-state index contributed by atoms with van der Waals surface area (Å²) in [5.74, 6) is -3.67. The maximum Gasteiger partial charge on any atom is 0.310 e. The van der Waals surface area contributed by atoms with E-state index in [-0.39, 0.29) is 30.4 Å². The minimum absolute atomic E-state index is 0.0685. The number of hydrogen-bond donors (Lipinski definition) is 2. The Bertz CT molecular complexity index is 817. The first-order valence-electron chi connectivity index (χ1n) is 12.9. The number of carboxylic acid groups (broad SMARTS) is 1. The van der Waals surface area contributed by atoms with Gasteiger partial charge in [0.05, 0.1) is 24.2 Å². The standard InChI is InChI=1S/C26H42N2O6/c1-7-11-17(6)27(14-8-2)23(31)21-26-13-12-25(10-4,34-26)20(24(32)33)19(26)22(30)28(21)18(15-29)16(5)9-3/h8,16-21,29H,2,7,9-15H2,1,3-6H3,(H,32,33)/t16-,17?,18-,19-,20-,21?,25+,26?/m0/s1. The molecule has 2 amide bonds. The zero-order chi connectivity index (χ0) is 25.4. The number of aliphatic hydroxyl groups is 1. The van der Waals surface area contributed by atoms with Gasteiger partial charge in [0.15, 0.2) is 0 Å². The van der Waals surface area contributed by atoms with Crippen molar-refractivity contribution in [2.45, 2.75) is 102 Å². The van der Waals surface area contributed by atoms with Crippen molar-refractivity contribution in [3.63, 3.8) is 0 Å². The monoisotopic (exact) mass is 478 g/mol. The average Bonchev–Trinajstić information content (AvgIpc) is 3.41. The maximum atomic E-state index is 14.3. The number of carboxylic acids is 1. The van der Waals surface area contributed by atoms with Gasteiger partial charge in [0.2, 0.25) is 11.8 Å². The van der Waals surface area contributed by atoms with Gasteiger partial charge >= 0.3 is 5.97 Å². The van der Waals surface area contributed by atoms with Crippen molar-refractivity contribution in [2.75, 3.05) is 13.2 Å². The Balaban J connectivity index is 2.18. The van der Waals surface area contributed by atoms with Crippen LogP contribution < -0.4 is 0 Å². The second-order valence-electron chi connectivity index (χ2n) is 10.5. The molecule has 3 saturated heterocycles. The fraction of sp³-hybridized carbons (Fsp3) is 0.808. The number of hydrogen-bond acceptors (Lipinski definition) is 5. The molecule has 0 aromatic rings. The lowest BCUT2D eigenvalue weighted by Gasteiger charge is -2.42. The van der Waals surface area contributed by atoms with Crippen molar-refractivity contribution in [1.29, 1.82) is 0 Å². The Labute approximate surface area is 203 Å². The van der Waals surface area contributed by atoms with Gasteiger partial charge in [-0.05, 0) is 38.5 Å². The van der Waals surface area contributed by atoms with Crippen molar-refractivity contribution in [3.8, 4) is 0 Å². The maximum absolute atomic E-state index is 14.3. The third kappa shape index (κ3) is 3.77. The molecule has 3 heterocycles. The number of likely N-dealkylation sites (tertiary alicyclic amines) is 1. The number of carbonyl (C=O) groups excluding carboxylic acids is 2. The van der Waals surface area contributed by atoms with Gasteiger partial charge in [0.25, 0.3) is 0 Å². The van der Waals surface area contributed by atoms with Crippen molar-refractivity contribution in [3.05, 3.63) is 12.7 Å². The van der Waals surface area contributed by atoms with Gasteiger partial charge in [-0.15, -0.1) is 6.58 Å². The van der Waals surface area contributed by atoms with Crippen LogP contribution in [0, 0.1) is 17.8 Å². The molecule has 2 bridgehead atoms. The SMILES string of the molecule is C=CCN(C(=O)C1N([C@@H](CO)[C@@H](C)CC)C(=O)[C@@H]2[C@@H](C(=O)O)[C@@]3(CC)CCC12O3)C(C)CCC. The third-order valence-corrected chi connectivity index (χ3v) is 8.81. The van der Waals surface area contributed by atoms with Crippen LogP contribution in [0.4, 0.5) is 0 Å². The molecule has 0 saturated carbocycles. The predicted octanol–water partition coefficient (Wildman–Crippen LogP) is 2.84. The van der Waals surface area contributed by atoms with Gasteiger partial charge in [0, 0.05) is 12.6 Å². The molecule has 34 heavy (non-hydrogen) atoms. The lowest BCUT2D eigenvalue weighted by Crippen LogP contribution is -2.61. The summed E-state index contributed by atoms with van der Waals surface area (Å²) in [7, 11) is 0. The van der Waals surface area contributed by atoms with E-state index in [4.69, 9.17) is 4.74 Å². The predicted molar refractivity (Wildman–Crippen MR) is 128 cm³/mol. The summed E-state index contributed by atoms with van der Waals surface area (Å²) in [5.41, 5.74) is -2.14. The lowest BCUT2D eigenvalue weighted by atomic mass is 9.65. The van der Waals surface area contributed by atoms with Crippen LogP contribution in [-0.2, 0) is 19.1 Å². The van der Waals surface area contributed by atoms with Crippen LogP contribution in [0.3, 0.4) is 0 Å². The van der Waals surface area contributed by atoms with E-state index in [1.807, 2.05) is 27.7 Å². The first-order valence-corrected chi connectivity index (χ1v) is 12.9. The number of aliphatic carboxylic acids is 1. The van der Waals surface area contributed by atoms with Gasteiger partial charge in [-0.25, -0.2) is 0 Å². The molecule has 0 aromatic heterocycles. The molecule has 3 rings (SSSR count). The molecular weight excluding hydrogens is 436 g/mol. The van der Waals surface area contributed by atoms with Crippen molar-refractivity contribution in [1.82, 2.24) is 9.80 Å². The number of fused-ring (bicyclic) bond motifs is 1. The van der Waals surface area contributed by atoms with Crippen LogP contribution in [0.5, 0.6) is 0 Å². The van der Waals surface area contributed by atoms with Crippen molar-refractivity contribution in [2.24, 2.45) is 17.8 Å². The topological polar surface area (TPSA) is 107 Å². The molecule has 8 heteroatoms. The molecule has 0 radical (unpaired) electrons. The second-order valence-corrected chi connectivity index (χ2v) is 10.5. The van der Waals surface area contributed by atoms with Crippen LogP contribution in [0.25, 0.3) is 0 Å². The van der Waals surface area contributed by atoms with Crippen LogP contribution in [-0.4, -0.2) is 80.3 Å². The smallest absolute Gasteiger partial charge is 0.310 e. The molecule has 3 fully saturated rings. The number of nitrogens with zero attached hydrogens (tertiary/aromatic N) is 2. The number of ether oxygens (including phenoxy) is 1. The summed E-state index contributed by atoms with van der Waals surface area (Å²) in [6, 6.07) is -1.63. The highest BCUT2D eigenvalue weighted by Crippen LogP contribution is 2.64. The Morgan fingerprint density at radius 2 is 1.97 bits per heavy atom. The van der Waals surface area contributed by atoms with Crippen molar-refractivity contribution < 1.29 is 29.3 Å². The minimum atomic E-state index is -1.19. The van der Waals surface area contributed by atoms with Gasteiger partial charge in [0.1, 0.15) is 17.6 Å². The van der Waals surface area contributed by atoms with E-state index in [0.717, 1.165) is 12.8 Å². The van der Waals surface area contributed by atoms with Gasteiger partial charge in [-0.1, -0.05) is 46.6 Å². The summed E-state index contributed by atoms with van der Waals surface area (Å²) in [4.78, 5) is 44.1. The highest BCUT2D eigenvalue weighted by Gasteiger charge is 2.79. The van der Waals surface area contributed by atoms with E-state index in [1.54, 1.807) is 11.0 Å². The zero-order valence-corrected chi connectivity index (χ0v) is 21.3. The number of amides is 2. The molecule has 3 aliphatic heterocycles. The normalized spacial score (nSPS) is 34.6. The van der Waals surface area contributed by atoms with Crippen LogP contribution >= 0.6 is 0 Å². The summed E-state index contributed by atoms with van der Waals surface area (Å²) in [6.07, 6.45) is 5.50. The zero-order valence-electron chi connectivity index (χ0n) is 21.3. The minimum Gasteiger partial charge on any atom is -0.481 e. The fourth-order valence-corrected chi connectivity index (χ4v) is 6.84. The van der Waals surface area contributed by atoms with Crippen LogP contribution in [0.2, 0.25) is 0 Å². The molecule has 3 unspecified atom stereocenters. The molecule has 1 spiro atoms. The van der Waals surface area contributed by atoms with E-state index in [2.05, 4.69) is 13.5 Å². The van der Waals surface area contributed by atoms with Crippen LogP contribution in [0.15, 0.2) is 12.7 Å². The first-order chi connectivity index (χ1) is 16.1. The molecule has 8 nitrogen and oxygen atoms in total. The van der Waals surface area contributed by atoms with Gasteiger partial charge in [-0.3, -0.25) is 14.4 Å². The third-order valence-electron chi connectivity index (χ3n) is 8.81. The van der Waals surface area contributed by atoms with E-state index in [0.29, 0.717) is 32.2 Å². The average molecular weight is 479 g/mol. The summed E-state index contributed by atoms with van der Waals surface area (Å²) in [5, 5.41) is 20.5. The summed E-state index contributed by atoms with van der Waals surface area (Å²) >= 11 is 0. The molecule has 8 atom stereocenters. The Kier molecular flexibility index (Phi) is 7.82. The van der Waals surface area contributed by atoms with E-state index in [9.17, 15) is 24.6 Å². The first kappa shape index (κ1) is 26.7. The molecular formula is C26H42N2O6. The Morgan fingerprint density at radius 1 is 1.29 bits per heavy atom. The summed E-state index contributed by atoms with van der Waals surface area (Å²) in [6.45, 7) is 13.7. The lowest BCUT2D eigenvalue weighted by molar-refractivity contribution is -0.162. The number of rotatable bonds is 12.